The highest BCUT2D eigenvalue weighted by Crippen LogP contribution is 2.38. The maximum Gasteiger partial charge on any atom is 0.270 e. The van der Waals surface area contributed by atoms with Crippen molar-refractivity contribution in [2.24, 2.45) is 0 Å². The van der Waals surface area contributed by atoms with E-state index in [9.17, 15) is 4.79 Å². The molecule has 27 heavy (non-hydrogen) atoms. The number of piperidine rings is 1. The van der Waals surface area contributed by atoms with E-state index in [0.29, 0.717) is 11.6 Å². The Morgan fingerprint density at radius 1 is 1.11 bits per heavy atom. The summed E-state index contributed by atoms with van der Waals surface area (Å²) in [5.41, 5.74) is 1.24. The summed E-state index contributed by atoms with van der Waals surface area (Å²) in [6, 6.07) is 9.40. The van der Waals surface area contributed by atoms with Gasteiger partial charge in [0, 0.05) is 31.2 Å². The summed E-state index contributed by atoms with van der Waals surface area (Å²) in [4.78, 5) is 18.7. The highest BCUT2D eigenvalue weighted by Gasteiger charge is 2.30. The van der Waals surface area contributed by atoms with Gasteiger partial charge in [-0.05, 0) is 49.9 Å². The summed E-state index contributed by atoms with van der Waals surface area (Å²) in [5, 5.41) is 16.4. The van der Waals surface area contributed by atoms with Crippen molar-refractivity contribution in [2.75, 3.05) is 18.0 Å². The summed E-state index contributed by atoms with van der Waals surface area (Å²) >= 11 is 0. The van der Waals surface area contributed by atoms with Gasteiger partial charge < -0.3 is 10.2 Å². The van der Waals surface area contributed by atoms with Gasteiger partial charge in [0.2, 0.25) is 0 Å². The van der Waals surface area contributed by atoms with Crippen LogP contribution in [0.4, 0.5) is 5.82 Å². The second kappa shape index (κ2) is 6.61. The Morgan fingerprint density at radius 3 is 2.85 bits per heavy atom. The van der Waals surface area contributed by atoms with Crippen molar-refractivity contribution in [1.82, 2.24) is 30.1 Å². The van der Waals surface area contributed by atoms with E-state index in [1.807, 2.05) is 28.8 Å². The van der Waals surface area contributed by atoms with Gasteiger partial charge in [0.15, 0.2) is 11.5 Å². The SMILES string of the molecule is O=C(NC1CCCN(c2ccc3nnc(C4CC4)n3n2)C1)c1ccccn1. The van der Waals surface area contributed by atoms with Gasteiger partial charge in [0.05, 0.1) is 0 Å². The molecule has 1 amide bonds. The number of carbonyl (C=O) groups is 1. The molecule has 8 nitrogen and oxygen atoms in total. The fourth-order valence-corrected chi connectivity index (χ4v) is 3.62. The third kappa shape index (κ3) is 3.22. The van der Waals surface area contributed by atoms with Gasteiger partial charge in [-0.25, -0.2) is 0 Å². The zero-order valence-electron chi connectivity index (χ0n) is 15.0. The Kier molecular flexibility index (Phi) is 3.95. The van der Waals surface area contributed by atoms with Crippen molar-refractivity contribution in [3.8, 4) is 0 Å². The lowest BCUT2D eigenvalue weighted by molar-refractivity contribution is 0.0928. The second-order valence-electron chi connectivity index (χ2n) is 7.27. The van der Waals surface area contributed by atoms with Crippen LogP contribution in [0.5, 0.6) is 0 Å². The van der Waals surface area contributed by atoms with Crippen molar-refractivity contribution in [3.63, 3.8) is 0 Å². The van der Waals surface area contributed by atoms with Gasteiger partial charge in [-0.15, -0.1) is 15.3 Å². The lowest BCUT2D eigenvalue weighted by Crippen LogP contribution is -2.48. The molecule has 0 bridgehead atoms. The number of anilines is 1. The third-order valence-corrected chi connectivity index (χ3v) is 5.19. The van der Waals surface area contributed by atoms with Crippen molar-refractivity contribution in [2.45, 2.75) is 37.6 Å². The maximum atomic E-state index is 12.4. The van der Waals surface area contributed by atoms with Gasteiger partial charge in [0.25, 0.3) is 5.91 Å². The zero-order chi connectivity index (χ0) is 18.2. The highest BCUT2D eigenvalue weighted by atomic mass is 16.1. The van der Waals surface area contributed by atoms with Crippen LogP contribution < -0.4 is 10.2 Å². The van der Waals surface area contributed by atoms with Crippen LogP contribution in [0.2, 0.25) is 0 Å². The molecule has 1 aliphatic heterocycles. The van der Waals surface area contributed by atoms with E-state index in [0.717, 1.165) is 56.1 Å². The maximum absolute atomic E-state index is 12.4. The number of pyridine rings is 1. The first-order valence-electron chi connectivity index (χ1n) is 9.47. The fourth-order valence-electron chi connectivity index (χ4n) is 3.62. The second-order valence-corrected chi connectivity index (χ2v) is 7.27. The standard InChI is InChI=1S/C19H21N7O/c27-19(15-5-1-2-10-20-15)21-14-4-3-11-25(12-14)17-9-8-16-22-23-18(13-6-7-13)26(16)24-17/h1-2,5,8-10,13-14H,3-4,6-7,11-12H2,(H,21,27). The molecule has 1 unspecified atom stereocenters. The first-order valence-corrected chi connectivity index (χ1v) is 9.47. The molecule has 2 fully saturated rings. The van der Waals surface area contributed by atoms with Crippen LogP contribution in [0.1, 0.15) is 47.9 Å². The number of rotatable bonds is 4. The number of hydrogen-bond donors (Lipinski definition) is 1. The minimum Gasteiger partial charge on any atom is -0.353 e. The van der Waals surface area contributed by atoms with E-state index in [1.54, 1.807) is 12.3 Å². The molecule has 8 heteroatoms. The van der Waals surface area contributed by atoms with E-state index in [2.05, 4.69) is 25.4 Å². The van der Waals surface area contributed by atoms with E-state index in [-0.39, 0.29) is 11.9 Å². The van der Waals surface area contributed by atoms with Crippen LogP contribution in [0.3, 0.4) is 0 Å². The lowest BCUT2D eigenvalue weighted by Gasteiger charge is -2.33. The van der Waals surface area contributed by atoms with Crippen LogP contribution in [-0.4, -0.2) is 49.8 Å². The molecule has 138 valence electrons. The number of fused-ring (bicyclic) bond motifs is 1. The molecule has 3 aromatic rings. The molecule has 4 heterocycles. The van der Waals surface area contributed by atoms with Gasteiger partial charge in [-0.2, -0.15) is 4.52 Å². The number of nitrogens with zero attached hydrogens (tertiary/aromatic N) is 6. The molecule has 1 atom stereocenters. The van der Waals surface area contributed by atoms with Crippen LogP contribution in [-0.2, 0) is 0 Å². The smallest absolute Gasteiger partial charge is 0.270 e. The average Bonchev–Trinajstić information content (AvgIpc) is 3.47. The summed E-state index contributed by atoms with van der Waals surface area (Å²) in [5.74, 6) is 2.24. The first kappa shape index (κ1) is 16.2. The van der Waals surface area contributed by atoms with E-state index >= 15 is 0 Å². The number of hydrogen-bond acceptors (Lipinski definition) is 6. The number of aromatic nitrogens is 5. The number of amides is 1. The molecule has 0 radical (unpaired) electrons. The summed E-state index contributed by atoms with van der Waals surface area (Å²) in [7, 11) is 0. The third-order valence-electron chi connectivity index (χ3n) is 5.19. The van der Waals surface area contributed by atoms with Crippen molar-refractivity contribution in [1.29, 1.82) is 0 Å². The topological polar surface area (TPSA) is 88.3 Å². The molecule has 3 aromatic heterocycles. The first-order chi connectivity index (χ1) is 13.3. The monoisotopic (exact) mass is 363 g/mol. The highest BCUT2D eigenvalue weighted by molar-refractivity contribution is 5.92. The minimum absolute atomic E-state index is 0.0783. The Hall–Kier alpha value is -3.03. The lowest BCUT2D eigenvalue weighted by atomic mass is 10.1. The van der Waals surface area contributed by atoms with Gasteiger partial charge in [0.1, 0.15) is 11.5 Å². The molecule has 5 rings (SSSR count). The molecule has 0 aromatic carbocycles. The summed E-state index contributed by atoms with van der Waals surface area (Å²) in [6.07, 6.45) is 5.93. The van der Waals surface area contributed by atoms with Crippen molar-refractivity contribution >= 4 is 17.4 Å². The Balaban J connectivity index is 1.32. The number of carbonyl (C=O) groups excluding carboxylic acids is 1. The van der Waals surface area contributed by atoms with Crippen LogP contribution in [0.15, 0.2) is 36.5 Å². The van der Waals surface area contributed by atoms with E-state index in [4.69, 9.17) is 5.10 Å². The predicted molar refractivity (Wildman–Crippen MR) is 99.7 cm³/mol. The molecule has 1 saturated heterocycles. The van der Waals surface area contributed by atoms with Crippen LogP contribution in [0, 0.1) is 0 Å². The van der Waals surface area contributed by atoms with Crippen molar-refractivity contribution in [3.05, 3.63) is 48.0 Å². The van der Waals surface area contributed by atoms with Crippen LogP contribution in [0.25, 0.3) is 5.65 Å². The van der Waals surface area contributed by atoms with Gasteiger partial charge >= 0.3 is 0 Å². The Labute approximate surface area is 156 Å². The average molecular weight is 363 g/mol. The molecular weight excluding hydrogens is 342 g/mol. The fraction of sp³-hybridized carbons (Fsp3) is 0.421. The molecule has 1 aliphatic carbocycles. The molecular formula is C19H21N7O. The molecule has 1 N–H and O–H groups in total. The molecule has 0 spiro atoms. The van der Waals surface area contributed by atoms with Crippen LogP contribution >= 0.6 is 0 Å². The summed E-state index contributed by atoms with van der Waals surface area (Å²) < 4.78 is 1.88. The minimum atomic E-state index is -0.124. The zero-order valence-corrected chi connectivity index (χ0v) is 15.0. The molecule has 2 aliphatic rings. The molecule has 1 saturated carbocycles. The Morgan fingerprint density at radius 2 is 2.04 bits per heavy atom. The van der Waals surface area contributed by atoms with E-state index in [1.165, 1.54) is 0 Å². The quantitative estimate of drug-likeness (QED) is 0.760. The largest absolute Gasteiger partial charge is 0.353 e. The predicted octanol–water partition coefficient (Wildman–Crippen LogP) is 1.80. The summed E-state index contributed by atoms with van der Waals surface area (Å²) in [6.45, 7) is 1.66. The normalized spacial score (nSPS) is 20.0. The number of nitrogens with one attached hydrogen (secondary N) is 1. The Bertz CT molecular complexity index is 967. The van der Waals surface area contributed by atoms with Gasteiger partial charge in [-0.1, -0.05) is 6.07 Å². The van der Waals surface area contributed by atoms with E-state index < -0.39 is 0 Å². The van der Waals surface area contributed by atoms with Gasteiger partial charge in [-0.3, -0.25) is 9.78 Å². The van der Waals surface area contributed by atoms with Crippen molar-refractivity contribution < 1.29 is 4.79 Å².